The van der Waals surface area contributed by atoms with Crippen LogP contribution >= 0.6 is 0 Å². The highest BCUT2D eigenvalue weighted by atomic mass is 16.7. The van der Waals surface area contributed by atoms with Gasteiger partial charge in [0.05, 0.1) is 49.6 Å². The van der Waals surface area contributed by atoms with Crippen LogP contribution in [0.2, 0.25) is 0 Å². The Morgan fingerprint density at radius 1 is 1.33 bits per heavy atom. The van der Waals surface area contributed by atoms with Crippen molar-refractivity contribution in [1.82, 2.24) is 10.2 Å². The highest BCUT2D eigenvalue weighted by Gasteiger charge is 2.52. The largest absolute Gasteiger partial charge is 0.389 e. The Kier molecular flexibility index (Phi) is 5.24. The molecule has 3 N–H and O–H groups in total. The van der Waals surface area contributed by atoms with Crippen molar-refractivity contribution in [3.05, 3.63) is 29.8 Å². The molecule has 27 heavy (non-hydrogen) atoms. The Morgan fingerprint density at radius 2 is 2.15 bits per heavy atom. The summed E-state index contributed by atoms with van der Waals surface area (Å²) in [4.78, 5) is 14.5. The fraction of sp³-hybridized carbons (Fsp3) is 0.556. The Morgan fingerprint density at radius 3 is 2.93 bits per heavy atom. The number of aliphatic hydroxyl groups excluding tert-OH is 1. The summed E-state index contributed by atoms with van der Waals surface area (Å²) in [5.74, 6) is 0. The van der Waals surface area contributed by atoms with Crippen molar-refractivity contribution in [2.24, 2.45) is 0 Å². The van der Waals surface area contributed by atoms with Gasteiger partial charge in [-0.3, -0.25) is 4.90 Å². The molecule has 0 saturated carbocycles. The second-order valence-corrected chi connectivity index (χ2v) is 6.82. The number of amides is 2. The van der Waals surface area contributed by atoms with Crippen molar-refractivity contribution in [2.75, 3.05) is 38.2 Å². The normalized spacial score (nSPS) is 33.3. The maximum Gasteiger partial charge on any atom is 0.319 e. The SMILES string of the molecule is N#Cc1cccc(NC(=O)N[C@@H]2[C@H](O)[C@@H](N3CCOCC3)[C@@H]3OC[C@@H]2O3)c1. The number of hydrogen-bond acceptors (Lipinski definition) is 7. The average molecular weight is 374 g/mol. The van der Waals surface area contributed by atoms with Gasteiger partial charge in [0.25, 0.3) is 0 Å². The quantitative estimate of drug-likeness (QED) is 0.675. The van der Waals surface area contributed by atoms with Crippen LogP contribution in [0.5, 0.6) is 0 Å². The first-order valence-corrected chi connectivity index (χ1v) is 9.00. The van der Waals surface area contributed by atoms with Crippen molar-refractivity contribution in [3.8, 4) is 6.07 Å². The van der Waals surface area contributed by atoms with Crippen LogP contribution in [0.1, 0.15) is 5.56 Å². The van der Waals surface area contributed by atoms with E-state index in [9.17, 15) is 9.90 Å². The van der Waals surface area contributed by atoms with Crippen molar-refractivity contribution >= 4 is 11.7 Å². The monoisotopic (exact) mass is 374 g/mol. The van der Waals surface area contributed by atoms with Gasteiger partial charge in [-0.05, 0) is 18.2 Å². The fourth-order valence-corrected chi connectivity index (χ4v) is 3.83. The van der Waals surface area contributed by atoms with E-state index < -0.39 is 30.6 Å². The number of carbonyl (C=O) groups excluding carboxylic acids is 1. The number of nitrogens with one attached hydrogen (secondary N) is 2. The summed E-state index contributed by atoms with van der Waals surface area (Å²) in [7, 11) is 0. The predicted molar refractivity (Wildman–Crippen MR) is 93.9 cm³/mol. The zero-order chi connectivity index (χ0) is 18.8. The molecule has 3 fully saturated rings. The molecule has 0 unspecified atom stereocenters. The number of urea groups is 1. The number of fused-ring (bicyclic) bond motifs is 2. The molecule has 0 aromatic heterocycles. The molecule has 3 aliphatic rings. The van der Waals surface area contributed by atoms with Crippen LogP contribution in [0, 0.1) is 11.3 Å². The first-order chi connectivity index (χ1) is 13.2. The first kappa shape index (κ1) is 18.2. The third-order valence-electron chi connectivity index (χ3n) is 5.15. The molecule has 5 atom stereocenters. The van der Waals surface area contributed by atoms with E-state index >= 15 is 0 Å². The number of anilines is 1. The Hall–Kier alpha value is -2.22. The number of hydrogen-bond donors (Lipinski definition) is 3. The van der Waals surface area contributed by atoms with E-state index in [0.29, 0.717) is 44.2 Å². The van der Waals surface area contributed by atoms with Crippen LogP contribution in [-0.4, -0.2) is 79.5 Å². The minimum atomic E-state index is -0.828. The second kappa shape index (κ2) is 7.80. The molecule has 3 aliphatic heterocycles. The van der Waals surface area contributed by atoms with E-state index in [1.807, 2.05) is 6.07 Å². The summed E-state index contributed by atoms with van der Waals surface area (Å²) >= 11 is 0. The summed E-state index contributed by atoms with van der Waals surface area (Å²) in [6.45, 7) is 2.85. The molecule has 4 rings (SSSR count). The maximum absolute atomic E-state index is 12.4. The minimum Gasteiger partial charge on any atom is -0.389 e. The van der Waals surface area contributed by atoms with Gasteiger partial charge in [-0.15, -0.1) is 0 Å². The molecule has 0 aliphatic carbocycles. The number of benzene rings is 1. The lowest BCUT2D eigenvalue weighted by Gasteiger charge is -2.44. The van der Waals surface area contributed by atoms with Gasteiger partial charge in [0.1, 0.15) is 6.10 Å². The van der Waals surface area contributed by atoms with Crippen molar-refractivity contribution < 1.29 is 24.1 Å². The van der Waals surface area contributed by atoms with Crippen molar-refractivity contribution in [3.63, 3.8) is 0 Å². The molecule has 3 heterocycles. The topological polar surface area (TPSA) is 116 Å². The highest BCUT2D eigenvalue weighted by Crippen LogP contribution is 2.31. The third-order valence-corrected chi connectivity index (χ3v) is 5.15. The van der Waals surface area contributed by atoms with E-state index in [1.54, 1.807) is 24.3 Å². The molecule has 0 spiro atoms. The molecular formula is C18H22N4O5. The van der Waals surface area contributed by atoms with Gasteiger partial charge in [-0.2, -0.15) is 5.26 Å². The summed E-state index contributed by atoms with van der Waals surface area (Å²) in [5, 5.41) is 25.4. The molecule has 1 aromatic rings. The molecule has 0 radical (unpaired) electrons. The van der Waals surface area contributed by atoms with Gasteiger partial charge in [0, 0.05) is 18.8 Å². The molecule has 3 saturated heterocycles. The predicted octanol–water partition coefficient (Wildman–Crippen LogP) is -0.135. The zero-order valence-corrected chi connectivity index (χ0v) is 14.7. The molecule has 2 amide bonds. The van der Waals surface area contributed by atoms with Gasteiger partial charge in [-0.25, -0.2) is 4.79 Å². The molecule has 144 valence electrons. The van der Waals surface area contributed by atoms with Gasteiger partial charge in [0.2, 0.25) is 0 Å². The number of nitrogens with zero attached hydrogens (tertiary/aromatic N) is 2. The highest BCUT2D eigenvalue weighted by molar-refractivity contribution is 5.89. The lowest BCUT2D eigenvalue weighted by molar-refractivity contribution is -0.189. The summed E-state index contributed by atoms with van der Waals surface area (Å²) in [6, 6.07) is 7.22. The standard InChI is InChI=1S/C18H22N4O5/c19-9-11-2-1-3-12(8-11)20-18(24)21-14-13-10-26-17(27-13)15(16(14)23)22-4-6-25-7-5-22/h1-3,8,13-17,23H,4-7,10H2,(H2,20,21,24)/t13-,14-,15+,16-,17+/m0/s1. The van der Waals surface area contributed by atoms with E-state index in [4.69, 9.17) is 19.5 Å². The number of aliphatic hydroxyl groups is 1. The lowest BCUT2D eigenvalue weighted by atomic mass is 9.94. The molecule has 1 aromatic carbocycles. The Balaban J connectivity index is 1.44. The Bertz CT molecular complexity index is 733. The molecule has 2 bridgehead atoms. The van der Waals surface area contributed by atoms with Gasteiger partial charge < -0.3 is 30.0 Å². The zero-order valence-electron chi connectivity index (χ0n) is 14.7. The van der Waals surface area contributed by atoms with Gasteiger partial charge >= 0.3 is 6.03 Å². The molecule has 9 heteroatoms. The fourth-order valence-electron chi connectivity index (χ4n) is 3.83. The number of morpholine rings is 1. The summed E-state index contributed by atoms with van der Waals surface area (Å²) in [6.07, 6.45) is -1.74. The van der Waals surface area contributed by atoms with Crippen LogP contribution in [-0.2, 0) is 14.2 Å². The average Bonchev–Trinajstić information content (AvgIpc) is 3.11. The number of carbonyl (C=O) groups is 1. The van der Waals surface area contributed by atoms with Crippen molar-refractivity contribution in [1.29, 1.82) is 5.26 Å². The first-order valence-electron chi connectivity index (χ1n) is 9.00. The van der Waals surface area contributed by atoms with E-state index in [0.717, 1.165) is 0 Å². The number of ether oxygens (including phenoxy) is 3. The van der Waals surface area contributed by atoms with Crippen molar-refractivity contribution in [2.45, 2.75) is 30.6 Å². The van der Waals surface area contributed by atoms with Crippen LogP contribution in [0.25, 0.3) is 0 Å². The van der Waals surface area contributed by atoms with E-state index in [2.05, 4.69) is 15.5 Å². The second-order valence-electron chi connectivity index (χ2n) is 6.82. The molecular weight excluding hydrogens is 352 g/mol. The summed E-state index contributed by atoms with van der Waals surface area (Å²) < 4.78 is 17.0. The number of nitriles is 1. The maximum atomic E-state index is 12.4. The van der Waals surface area contributed by atoms with E-state index in [1.165, 1.54) is 0 Å². The third kappa shape index (κ3) is 3.76. The summed E-state index contributed by atoms with van der Waals surface area (Å²) in [5.41, 5.74) is 0.955. The number of rotatable bonds is 3. The minimum absolute atomic E-state index is 0.317. The lowest BCUT2D eigenvalue weighted by Crippen LogP contribution is -2.66. The smallest absolute Gasteiger partial charge is 0.319 e. The van der Waals surface area contributed by atoms with Gasteiger partial charge in [-0.1, -0.05) is 6.07 Å². The Labute approximate surface area is 156 Å². The van der Waals surface area contributed by atoms with E-state index in [-0.39, 0.29) is 6.04 Å². The molecule has 9 nitrogen and oxygen atoms in total. The van der Waals surface area contributed by atoms with Crippen LogP contribution in [0.15, 0.2) is 24.3 Å². The van der Waals surface area contributed by atoms with Crippen LogP contribution < -0.4 is 10.6 Å². The van der Waals surface area contributed by atoms with Gasteiger partial charge in [0.15, 0.2) is 6.29 Å². The van der Waals surface area contributed by atoms with Crippen LogP contribution in [0.3, 0.4) is 0 Å². The van der Waals surface area contributed by atoms with Crippen LogP contribution in [0.4, 0.5) is 10.5 Å².